The highest BCUT2D eigenvalue weighted by Gasteiger charge is 2.08. The van der Waals surface area contributed by atoms with Crippen molar-refractivity contribution in [1.29, 1.82) is 0 Å². The third-order valence-corrected chi connectivity index (χ3v) is 2.80. The zero-order chi connectivity index (χ0) is 12.3. The molecule has 0 fully saturated rings. The van der Waals surface area contributed by atoms with Crippen molar-refractivity contribution in [3.05, 3.63) is 58.6 Å². The highest BCUT2D eigenvalue weighted by Crippen LogP contribution is 2.30. The van der Waals surface area contributed by atoms with E-state index < -0.39 is 5.97 Å². The Kier molecular flexibility index (Phi) is 3.44. The van der Waals surface area contributed by atoms with Crippen LogP contribution in [0.3, 0.4) is 0 Å². The number of hydrogen-bond donors (Lipinski definition) is 1. The van der Waals surface area contributed by atoms with E-state index in [4.69, 9.17) is 9.84 Å². The molecule has 86 valence electrons. The Labute approximate surface area is 107 Å². The molecule has 0 saturated carbocycles. The second kappa shape index (κ2) is 5.01. The van der Waals surface area contributed by atoms with Gasteiger partial charge in [0.25, 0.3) is 0 Å². The molecule has 0 aliphatic rings. The molecule has 1 N–H and O–H groups in total. The Balaban J connectivity index is 2.32. The van der Waals surface area contributed by atoms with Crippen LogP contribution in [0.4, 0.5) is 0 Å². The van der Waals surface area contributed by atoms with Crippen LogP contribution in [0, 0.1) is 0 Å². The molecule has 3 nitrogen and oxygen atoms in total. The van der Waals surface area contributed by atoms with Gasteiger partial charge in [-0.1, -0.05) is 18.2 Å². The van der Waals surface area contributed by atoms with E-state index >= 15 is 0 Å². The predicted molar refractivity (Wildman–Crippen MR) is 67.6 cm³/mol. The van der Waals surface area contributed by atoms with Crippen molar-refractivity contribution in [2.75, 3.05) is 0 Å². The Morgan fingerprint density at radius 3 is 2.47 bits per heavy atom. The van der Waals surface area contributed by atoms with E-state index in [1.54, 1.807) is 18.2 Å². The summed E-state index contributed by atoms with van der Waals surface area (Å²) in [7, 11) is 0. The first-order chi connectivity index (χ1) is 8.16. The molecule has 0 aliphatic heterocycles. The molecule has 0 atom stereocenters. The first-order valence-corrected chi connectivity index (χ1v) is 5.72. The third kappa shape index (κ3) is 2.85. The molecule has 0 bridgehead atoms. The van der Waals surface area contributed by atoms with Gasteiger partial charge >= 0.3 is 5.97 Å². The summed E-state index contributed by atoms with van der Waals surface area (Å²) in [5, 5.41) is 8.90. The maximum absolute atomic E-state index is 10.8. The molecule has 0 aliphatic carbocycles. The van der Waals surface area contributed by atoms with Crippen LogP contribution in [0.2, 0.25) is 0 Å². The Hall–Kier alpha value is -1.81. The Morgan fingerprint density at radius 1 is 1.12 bits per heavy atom. The van der Waals surface area contributed by atoms with Gasteiger partial charge in [-0.3, -0.25) is 0 Å². The lowest BCUT2D eigenvalue weighted by Gasteiger charge is -2.08. The smallest absolute Gasteiger partial charge is 0.335 e. The number of para-hydroxylation sites is 1. The fraction of sp³-hybridized carbons (Fsp3) is 0. The summed E-state index contributed by atoms with van der Waals surface area (Å²) in [5.41, 5.74) is 0.194. The average Bonchev–Trinajstić information content (AvgIpc) is 2.33. The molecular weight excluding hydrogens is 284 g/mol. The van der Waals surface area contributed by atoms with E-state index in [0.29, 0.717) is 16.0 Å². The van der Waals surface area contributed by atoms with Gasteiger partial charge in [-0.25, -0.2) is 4.79 Å². The van der Waals surface area contributed by atoms with E-state index in [1.807, 2.05) is 18.2 Å². The Morgan fingerprint density at radius 2 is 1.82 bits per heavy atom. The lowest BCUT2D eigenvalue weighted by Crippen LogP contribution is -1.96. The summed E-state index contributed by atoms with van der Waals surface area (Å²) in [4.78, 5) is 10.8. The third-order valence-electron chi connectivity index (χ3n) is 2.15. The summed E-state index contributed by atoms with van der Waals surface area (Å²) in [6.45, 7) is 0. The van der Waals surface area contributed by atoms with Crippen molar-refractivity contribution in [3.63, 3.8) is 0 Å². The summed E-state index contributed by atoms with van der Waals surface area (Å²) >= 11 is 3.32. The van der Waals surface area contributed by atoms with Crippen molar-refractivity contribution >= 4 is 21.9 Å². The van der Waals surface area contributed by atoms with Crippen molar-refractivity contribution in [3.8, 4) is 11.5 Å². The first-order valence-electron chi connectivity index (χ1n) is 4.92. The van der Waals surface area contributed by atoms with Crippen LogP contribution in [0.1, 0.15) is 10.4 Å². The van der Waals surface area contributed by atoms with Gasteiger partial charge in [0.15, 0.2) is 0 Å². The molecule has 2 rings (SSSR count). The van der Waals surface area contributed by atoms with E-state index in [2.05, 4.69) is 15.9 Å². The number of hydrogen-bond acceptors (Lipinski definition) is 2. The minimum Gasteiger partial charge on any atom is -0.478 e. The normalized spacial score (nSPS) is 9.94. The average molecular weight is 293 g/mol. The minimum absolute atomic E-state index is 0.194. The molecule has 0 aromatic heterocycles. The number of carbonyl (C=O) groups is 1. The number of benzene rings is 2. The van der Waals surface area contributed by atoms with Crippen LogP contribution in [0.15, 0.2) is 53.0 Å². The van der Waals surface area contributed by atoms with E-state index in [9.17, 15) is 4.79 Å². The Bertz CT molecular complexity index is 538. The highest BCUT2D eigenvalue weighted by atomic mass is 79.9. The standard InChI is InChI=1S/C13H9BrO3/c14-11-7-6-9(13(15)16)8-12(11)17-10-4-2-1-3-5-10/h1-8H,(H,15,16). The van der Waals surface area contributed by atoms with E-state index in [-0.39, 0.29) is 5.56 Å². The summed E-state index contributed by atoms with van der Waals surface area (Å²) in [6.07, 6.45) is 0. The van der Waals surface area contributed by atoms with Crippen LogP contribution in [-0.2, 0) is 0 Å². The predicted octanol–water partition coefficient (Wildman–Crippen LogP) is 3.94. The van der Waals surface area contributed by atoms with E-state index in [0.717, 1.165) is 0 Å². The molecule has 17 heavy (non-hydrogen) atoms. The van der Waals surface area contributed by atoms with Crippen molar-refractivity contribution in [2.24, 2.45) is 0 Å². The van der Waals surface area contributed by atoms with Gasteiger partial charge in [0.2, 0.25) is 0 Å². The zero-order valence-electron chi connectivity index (χ0n) is 8.76. The first kappa shape index (κ1) is 11.7. The van der Waals surface area contributed by atoms with Crippen LogP contribution < -0.4 is 4.74 Å². The monoisotopic (exact) mass is 292 g/mol. The summed E-state index contributed by atoms with van der Waals surface area (Å²) in [5.74, 6) is 0.169. The second-order valence-corrected chi connectivity index (χ2v) is 4.22. The maximum Gasteiger partial charge on any atom is 0.335 e. The SMILES string of the molecule is O=C(O)c1ccc(Br)c(Oc2ccccc2)c1. The van der Waals surface area contributed by atoms with Gasteiger partial charge < -0.3 is 9.84 Å². The lowest BCUT2D eigenvalue weighted by molar-refractivity contribution is 0.0696. The number of rotatable bonds is 3. The quantitative estimate of drug-likeness (QED) is 0.932. The van der Waals surface area contributed by atoms with Crippen LogP contribution in [0.5, 0.6) is 11.5 Å². The molecule has 0 spiro atoms. The summed E-state index contributed by atoms with van der Waals surface area (Å²) in [6, 6.07) is 13.9. The molecule has 2 aromatic rings. The molecule has 4 heteroatoms. The van der Waals surface area contributed by atoms with Gasteiger partial charge in [0.05, 0.1) is 10.0 Å². The largest absolute Gasteiger partial charge is 0.478 e. The second-order valence-electron chi connectivity index (χ2n) is 3.37. The molecule has 0 saturated heterocycles. The molecule has 0 heterocycles. The van der Waals surface area contributed by atoms with Gasteiger partial charge in [-0.05, 0) is 46.3 Å². The number of halogens is 1. The maximum atomic E-state index is 10.8. The van der Waals surface area contributed by atoms with Gasteiger partial charge in [0, 0.05) is 0 Å². The molecule has 0 unspecified atom stereocenters. The van der Waals surface area contributed by atoms with Gasteiger partial charge in [0.1, 0.15) is 11.5 Å². The fourth-order valence-corrected chi connectivity index (χ4v) is 1.66. The molecule has 2 aromatic carbocycles. The molecule has 0 radical (unpaired) electrons. The highest BCUT2D eigenvalue weighted by molar-refractivity contribution is 9.10. The number of carboxylic acid groups (broad SMARTS) is 1. The molecule has 0 amide bonds. The van der Waals surface area contributed by atoms with Crippen LogP contribution in [0.25, 0.3) is 0 Å². The van der Waals surface area contributed by atoms with Crippen LogP contribution in [-0.4, -0.2) is 11.1 Å². The zero-order valence-corrected chi connectivity index (χ0v) is 10.3. The topological polar surface area (TPSA) is 46.5 Å². The van der Waals surface area contributed by atoms with Crippen LogP contribution >= 0.6 is 15.9 Å². The molecular formula is C13H9BrO3. The number of aromatic carboxylic acids is 1. The fourth-order valence-electron chi connectivity index (χ4n) is 1.33. The van der Waals surface area contributed by atoms with Crippen molar-refractivity contribution in [2.45, 2.75) is 0 Å². The van der Waals surface area contributed by atoms with E-state index in [1.165, 1.54) is 12.1 Å². The van der Waals surface area contributed by atoms with Gasteiger partial charge in [-0.2, -0.15) is 0 Å². The minimum atomic E-state index is -0.976. The number of ether oxygens (including phenoxy) is 1. The van der Waals surface area contributed by atoms with Crippen molar-refractivity contribution in [1.82, 2.24) is 0 Å². The van der Waals surface area contributed by atoms with Crippen molar-refractivity contribution < 1.29 is 14.6 Å². The summed E-state index contributed by atoms with van der Waals surface area (Å²) < 4.78 is 6.30. The van der Waals surface area contributed by atoms with Gasteiger partial charge in [-0.15, -0.1) is 0 Å². The lowest BCUT2D eigenvalue weighted by atomic mass is 10.2. The number of carboxylic acids is 1.